The van der Waals surface area contributed by atoms with Crippen LogP contribution in [0.1, 0.15) is 30.4 Å². The number of amides is 1. The van der Waals surface area contributed by atoms with Crippen LogP contribution in [-0.2, 0) is 21.2 Å². The van der Waals surface area contributed by atoms with Gasteiger partial charge in [-0.05, 0) is 55.7 Å². The molecule has 2 aliphatic heterocycles. The van der Waals surface area contributed by atoms with Gasteiger partial charge in [-0.2, -0.15) is 4.31 Å². The quantitative estimate of drug-likeness (QED) is 0.787. The lowest BCUT2D eigenvalue weighted by molar-refractivity contribution is -0.123. The Morgan fingerprint density at radius 2 is 1.93 bits per heavy atom. The Balaban J connectivity index is 1.46. The predicted molar refractivity (Wildman–Crippen MR) is 108 cm³/mol. The molecule has 0 N–H and O–H groups in total. The Morgan fingerprint density at radius 1 is 1.15 bits per heavy atom. The Labute approximate surface area is 164 Å². The zero-order valence-corrected chi connectivity index (χ0v) is 17.1. The van der Waals surface area contributed by atoms with Gasteiger partial charge in [0, 0.05) is 31.2 Å². The molecule has 27 heavy (non-hydrogen) atoms. The molecule has 1 saturated heterocycles. The van der Waals surface area contributed by atoms with E-state index in [1.54, 1.807) is 17.5 Å². The van der Waals surface area contributed by atoms with Crippen LogP contribution >= 0.6 is 11.3 Å². The van der Waals surface area contributed by atoms with Crippen molar-refractivity contribution in [2.75, 3.05) is 24.5 Å². The molecule has 144 valence electrons. The molecule has 5 nitrogen and oxygen atoms in total. The highest BCUT2D eigenvalue weighted by molar-refractivity contribution is 7.91. The standard InChI is InChI=1S/C20H24N2O3S2/c1-15-6-7-18-17(14-15)4-2-10-22(18)20(23)16-8-11-21(12-9-16)27(24,25)19-5-3-13-26-19/h3,5-7,13-14,16H,2,4,8-12H2,1H3. The SMILES string of the molecule is Cc1ccc2c(c1)CCCN2C(=O)C1CCN(S(=O)(=O)c2cccs2)CC1. The monoisotopic (exact) mass is 404 g/mol. The molecule has 2 aliphatic rings. The molecule has 0 unspecified atom stereocenters. The van der Waals surface area contributed by atoms with E-state index in [-0.39, 0.29) is 11.8 Å². The number of benzene rings is 1. The summed E-state index contributed by atoms with van der Waals surface area (Å²) in [6.07, 6.45) is 3.16. The van der Waals surface area contributed by atoms with E-state index in [2.05, 4.69) is 25.1 Å². The van der Waals surface area contributed by atoms with Crippen LogP contribution in [0.15, 0.2) is 39.9 Å². The largest absolute Gasteiger partial charge is 0.312 e. The second kappa shape index (κ2) is 7.37. The van der Waals surface area contributed by atoms with Crippen molar-refractivity contribution < 1.29 is 13.2 Å². The second-order valence-electron chi connectivity index (χ2n) is 7.34. The maximum atomic E-state index is 13.1. The molecule has 1 aromatic heterocycles. The van der Waals surface area contributed by atoms with E-state index in [0.717, 1.165) is 25.1 Å². The third kappa shape index (κ3) is 3.56. The molecule has 1 aromatic carbocycles. The summed E-state index contributed by atoms with van der Waals surface area (Å²) in [7, 11) is -3.42. The molecule has 1 fully saturated rings. The number of fused-ring (bicyclic) bond motifs is 1. The number of carbonyl (C=O) groups is 1. The van der Waals surface area contributed by atoms with Gasteiger partial charge in [0.2, 0.25) is 5.91 Å². The number of rotatable bonds is 3. The van der Waals surface area contributed by atoms with E-state index < -0.39 is 10.0 Å². The number of piperidine rings is 1. The topological polar surface area (TPSA) is 57.7 Å². The van der Waals surface area contributed by atoms with Gasteiger partial charge in [0.05, 0.1) is 0 Å². The fraction of sp³-hybridized carbons (Fsp3) is 0.450. The van der Waals surface area contributed by atoms with Crippen molar-refractivity contribution in [1.29, 1.82) is 0 Å². The first-order valence-electron chi connectivity index (χ1n) is 9.41. The van der Waals surface area contributed by atoms with Crippen LogP contribution in [-0.4, -0.2) is 38.3 Å². The Morgan fingerprint density at radius 3 is 2.63 bits per heavy atom. The zero-order valence-electron chi connectivity index (χ0n) is 15.4. The maximum absolute atomic E-state index is 13.1. The molecule has 0 aliphatic carbocycles. The fourth-order valence-corrected chi connectivity index (χ4v) is 6.67. The molecule has 1 amide bonds. The van der Waals surface area contributed by atoms with Gasteiger partial charge >= 0.3 is 0 Å². The van der Waals surface area contributed by atoms with Gasteiger partial charge in [0.15, 0.2) is 0 Å². The van der Waals surface area contributed by atoms with Crippen LogP contribution in [0, 0.1) is 12.8 Å². The summed E-state index contributed by atoms with van der Waals surface area (Å²) in [6, 6.07) is 9.68. The number of anilines is 1. The van der Waals surface area contributed by atoms with Crippen molar-refractivity contribution in [2.45, 2.75) is 36.8 Å². The van der Waals surface area contributed by atoms with Crippen LogP contribution in [0.4, 0.5) is 5.69 Å². The number of aryl methyl sites for hydroxylation is 2. The number of nitrogens with zero attached hydrogens (tertiary/aromatic N) is 2. The van der Waals surface area contributed by atoms with Gasteiger partial charge < -0.3 is 4.90 Å². The predicted octanol–water partition coefficient (Wildman–Crippen LogP) is 3.44. The molecule has 0 radical (unpaired) electrons. The molecule has 0 spiro atoms. The van der Waals surface area contributed by atoms with Gasteiger partial charge in [-0.15, -0.1) is 11.3 Å². The first kappa shape index (κ1) is 18.7. The number of hydrogen-bond donors (Lipinski definition) is 0. The van der Waals surface area contributed by atoms with Gasteiger partial charge in [-0.1, -0.05) is 23.8 Å². The van der Waals surface area contributed by atoms with Crippen molar-refractivity contribution >= 4 is 33.0 Å². The lowest BCUT2D eigenvalue weighted by atomic mass is 9.93. The van der Waals surface area contributed by atoms with Gasteiger partial charge in [-0.3, -0.25) is 4.79 Å². The van der Waals surface area contributed by atoms with Crippen molar-refractivity contribution in [3.05, 3.63) is 46.8 Å². The minimum Gasteiger partial charge on any atom is -0.312 e. The van der Waals surface area contributed by atoms with Crippen LogP contribution < -0.4 is 4.90 Å². The molecular formula is C20H24N2O3S2. The number of hydrogen-bond acceptors (Lipinski definition) is 4. The summed E-state index contributed by atoms with van der Waals surface area (Å²) in [5.74, 6) is 0.0417. The van der Waals surface area contributed by atoms with Gasteiger partial charge in [0.1, 0.15) is 4.21 Å². The average molecular weight is 405 g/mol. The minimum absolute atomic E-state index is 0.105. The van der Waals surface area contributed by atoms with Crippen LogP contribution in [0.2, 0.25) is 0 Å². The summed E-state index contributed by atoms with van der Waals surface area (Å²) in [5.41, 5.74) is 3.49. The van der Waals surface area contributed by atoms with Crippen molar-refractivity contribution in [3.63, 3.8) is 0 Å². The van der Waals surface area contributed by atoms with Crippen molar-refractivity contribution in [3.8, 4) is 0 Å². The number of carbonyl (C=O) groups excluding carboxylic acids is 1. The third-order valence-electron chi connectivity index (χ3n) is 5.51. The Kier molecular flexibility index (Phi) is 5.09. The van der Waals surface area contributed by atoms with Crippen molar-refractivity contribution in [2.24, 2.45) is 5.92 Å². The van der Waals surface area contributed by atoms with E-state index in [1.165, 1.54) is 26.8 Å². The lowest BCUT2D eigenvalue weighted by Crippen LogP contribution is -2.45. The molecule has 0 saturated carbocycles. The van der Waals surface area contributed by atoms with Crippen LogP contribution in [0.3, 0.4) is 0 Å². The summed E-state index contributed by atoms with van der Waals surface area (Å²) < 4.78 is 27.2. The number of thiophene rings is 1. The van der Waals surface area contributed by atoms with Crippen LogP contribution in [0.25, 0.3) is 0 Å². The molecule has 4 rings (SSSR count). The maximum Gasteiger partial charge on any atom is 0.252 e. The van der Waals surface area contributed by atoms with E-state index in [4.69, 9.17) is 0 Å². The third-order valence-corrected chi connectivity index (χ3v) is 8.78. The first-order chi connectivity index (χ1) is 13.0. The zero-order chi connectivity index (χ0) is 19.0. The molecule has 0 bridgehead atoms. The van der Waals surface area contributed by atoms with E-state index in [9.17, 15) is 13.2 Å². The smallest absolute Gasteiger partial charge is 0.252 e. The second-order valence-corrected chi connectivity index (χ2v) is 10.4. The highest BCUT2D eigenvalue weighted by Crippen LogP contribution is 2.32. The molecule has 3 heterocycles. The van der Waals surface area contributed by atoms with E-state index in [1.807, 2.05) is 4.90 Å². The van der Waals surface area contributed by atoms with Gasteiger partial charge in [-0.25, -0.2) is 8.42 Å². The van der Waals surface area contributed by atoms with Crippen molar-refractivity contribution in [1.82, 2.24) is 4.31 Å². The summed E-state index contributed by atoms with van der Waals surface area (Å²) in [5, 5.41) is 1.78. The van der Waals surface area contributed by atoms with E-state index >= 15 is 0 Å². The highest BCUT2D eigenvalue weighted by atomic mass is 32.2. The Bertz CT molecular complexity index is 930. The van der Waals surface area contributed by atoms with Gasteiger partial charge in [0.25, 0.3) is 10.0 Å². The fourth-order valence-electron chi connectivity index (χ4n) is 4.06. The average Bonchev–Trinajstić information content (AvgIpc) is 3.22. The number of sulfonamides is 1. The summed E-state index contributed by atoms with van der Waals surface area (Å²) in [6.45, 7) is 3.64. The summed E-state index contributed by atoms with van der Waals surface area (Å²) in [4.78, 5) is 15.1. The minimum atomic E-state index is -3.42. The molecular weight excluding hydrogens is 380 g/mol. The summed E-state index contributed by atoms with van der Waals surface area (Å²) >= 11 is 1.24. The lowest BCUT2D eigenvalue weighted by Gasteiger charge is -2.36. The molecule has 2 aromatic rings. The highest BCUT2D eigenvalue weighted by Gasteiger charge is 2.35. The Hall–Kier alpha value is -1.70. The normalized spacial score (nSPS) is 19.1. The van der Waals surface area contributed by atoms with E-state index in [0.29, 0.717) is 30.1 Å². The van der Waals surface area contributed by atoms with Crippen LogP contribution in [0.5, 0.6) is 0 Å². The molecule has 0 atom stereocenters. The first-order valence-corrected chi connectivity index (χ1v) is 11.7. The molecule has 7 heteroatoms.